The first-order valence-corrected chi connectivity index (χ1v) is 8.58. The van der Waals surface area contributed by atoms with Crippen LogP contribution in [0.4, 0.5) is 0 Å². The van der Waals surface area contributed by atoms with Crippen LogP contribution in [0.5, 0.6) is 0 Å². The molecule has 25 heavy (non-hydrogen) atoms. The van der Waals surface area contributed by atoms with Crippen LogP contribution in [0.3, 0.4) is 0 Å². The Morgan fingerprint density at radius 2 is 1.80 bits per heavy atom. The van der Waals surface area contributed by atoms with Gasteiger partial charge in [-0.25, -0.2) is 19.9 Å². The lowest BCUT2D eigenvalue weighted by Crippen LogP contribution is -2.31. The largest absolute Gasteiger partial charge is 0.293 e. The third-order valence-electron chi connectivity index (χ3n) is 4.19. The van der Waals surface area contributed by atoms with Gasteiger partial charge in [-0.2, -0.15) is 0 Å². The lowest BCUT2D eigenvalue weighted by molar-refractivity contribution is 0.241. The first-order valence-electron chi connectivity index (χ1n) is 7.83. The Morgan fingerprint density at radius 3 is 2.56 bits per heavy atom. The molecular formula is C17H14Cl2N6. The smallest absolute Gasteiger partial charge is 0.159 e. The zero-order valence-electron chi connectivity index (χ0n) is 13.2. The monoisotopic (exact) mass is 372 g/mol. The van der Waals surface area contributed by atoms with Crippen molar-refractivity contribution in [3.05, 3.63) is 64.2 Å². The van der Waals surface area contributed by atoms with Crippen molar-refractivity contribution in [3.63, 3.8) is 0 Å². The predicted octanol–water partition coefficient (Wildman–Crippen LogP) is 3.19. The van der Waals surface area contributed by atoms with E-state index in [1.807, 2.05) is 18.3 Å². The first kappa shape index (κ1) is 16.3. The van der Waals surface area contributed by atoms with E-state index in [-0.39, 0.29) is 0 Å². The summed E-state index contributed by atoms with van der Waals surface area (Å²) in [5.74, 6) is 0.710. The molecule has 4 rings (SSSR count). The minimum absolute atomic E-state index is 0.394. The average molecular weight is 373 g/mol. The number of fused-ring (bicyclic) bond motifs is 1. The van der Waals surface area contributed by atoms with Gasteiger partial charge in [-0.05, 0) is 24.1 Å². The SMILES string of the molecule is Clc1ncnc(Cl)c1CN1CCc2cnc(-c3ccncc3)nc2C1. The number of pyridine rings is 1. The molecule has 0 spiro atoms. The van der Waals surface area contributed by atoms with Gasteiger partial charge in [-0.15, -0.1) is 0 Å². The van der Waals surface area contributed by atoms with Crippen LogP contribution >= 0.6 is 23.2 Å². The van der Waals surface area contributed by atoms with Crippen LogP contribution < -0.4 is 0 Å². The van der Waals surface area contributed by atoms with Gasteiger partial charge >= 0.3 is 0 Å². The van der Waals surface area contributed by atoms with Gasteiger partial charge in [-0.3, -0.25) is 9.88 Å². The maximum absolute atomic E-state index is 6.16. The molecule has 0 fully saturated rings. The molecule has 6 nitrogen and oxygen atoms in total. The Labute approximate surface area is 154 Å². The molecule has 0 aromatic carbocycles. The molecule has 3 aromatic rings. The lowest BCUT2D eigenvalue weighted by atomic mass is 10.1. The first-order chi connectivity index (χ1) is 12.2. The van der Waals surface area contributed by atoms with E-state index in [1.54, 1.807) is 12.4 Å². The number of halogens is 2. The molecule has 0 unspecified atom stereocenters. The van der Waals surface area contributed by atoms with Gasteiger partial charge in [0, 0.05) is 49.4 Å². The van der Waals surface area contributed by atoms with Gasteiger partial charge in [0.05, 0.1) is 5.69 Å². The molecule has 3 aromatic heterocycles. The van der Waals surface area contributed by atoms with E-state index in [4.69, 9.17) is 28.2 Å². The van der Waals surface area contributed by atoms with Crippen LogP contribution in [-0.2, 0) is 19.5 Å². The molecule has 4 heterocycles. The Morgan fingerprint density at radius 1 is 1.04 bits per heavy atom. The van der Waals surface area contributed by atoms with E-state index in [2.05, 4.69) is 24.8 Å². The highest BCUT2D eigenvalue weighted by atomic mass is 35.5. The van der Waals surface area contributed by atoms with Crippen molar-refractivity contribution in [2.24, 2.45) is 0 Å². The molecule has 0 N–H and O–H groups in total. The second-order valence-electron chi connectivity index (χ2n) is 5.80. The Hall–Kier alpha value is -2.15. The summed E-state index contributed by atoms with van der Waals surface area (Å²) in [6.07, 6.45) is 7.65. The molecule has 1 aliphatic heterocycles. The normalized spacial score (nSPS) is 14.3. The molecule has 0 amide bonds. The highest BCUT2D eigenvalue weighted by Crippen LogP contribution is 2.25. The van der Waals surface area contributed by atoms with Gasteiger partial charge < -0.3 is 0 Å². The summed E-state index contributed by atoms with van der Waals surface area (Å²) >= 11 is 12.3. The molecule has 0 saturated carbocycles. The molecule has 1 aliphatic rings. The van der Waals surface area contributed by atoms with E-state index in [0.717, 1.165) is 29.8 Å². The third-order valence-corrected chi connectivity index (χ3v) is 4.84. The maximum atomic E-state index is 6.16. The fourth-order valence-electron chi connectivity index (χ4n) is 2.86. The highest BCUT2D eigenvalue weighted by Gasteiger charge is 2.21. The van der Waals surface area contributed by atoms with Gasteiger partial charge in [0.15, 0.2) is 5.82 Å². The van der Waals surface area contributed by atoms with Crippen molar-refractivity contribution in [2.75, 3.05) is 6.54 Å². The van der Waals surface area contributed by atoms with Gasteiger partial charge in [0.1, 0.15) is 16.6 Å². The van der Waals surface area contributed by atoms with E-state index >= 15 is 0 Å². The molecule has 0 saturated heterocycles. The highest BCUT2D eigenvalue weighted by molar-refractivity contribution is 6.34. The minimum Gasteiger partial charge on any atom is -0.293 e. The quantitative estimate of drug-likeness (QED) is 0.657. The number of rotatable bonds is 3. The summed E-state index contributed by atoms with van der Waals surface area (Å²) in [5.41, 5.74) is 3.91. The summed E-state index contributed by atoms with van der Waals surface area (Å²) in [6.45, 7) is 2.18. The zero-order chi connectivity index (χ0) is 17.2. The molecule has 0 radical (unpaired) electrons. The fourth-order valence-corrected chi connectivity index (χ4v) is 3.29. The molecule has 0 aliphatic carbocycles. The van der Waals surface area contributed by atoms with Crippen molar-refractivity contribution in [1.29, 1.82) is 0 Å². The van der Waals surface area contributed by atoms with Crippen LogP contribution in [0, 0.1) is 0 Å². The maximum Gasteiger partial charge on any atom is 0.159 e. The Bertz CT molecular complexity index is 883. The van der Waals surface area contributed by atoms with E-state index in [9.17, 15) is 0 Å². The van der Waals surface area contributed by atoms with Crippen LogP contribution in [0.1, 0.15) is 16.8 Å². The van der Waals surface area contributed by atoms with Crippen molar-refractivity contribution in [2.45, 2.75) is 19.5 Å². The number of nitrogens with zero attached hydrogens (tertiary/aromatic N) is 6. The molecular weight excluding hydrogens is 359 g/mol. The number of aromatic nitrogens is 5. The van der Waals surface area contributed by atoms with Gasteiger partial charge in [0.2, 0.25) is 0 Å². The zero-order valence-corrected chi connectivity index (χ0v) is 14.7. The summed E-state index contributed by atoms with van der Waals surface area (Å²) in [5, 5.41) is 0.789. The van der Waals surface area contributed by atoms with Crippen molar-refractivity contribution in [1.82, 2.24) is 29.8 Å². The van der Waals surface area contributed by atoms with Crippen LogP contribution in [0.25, 0.3) is 11.4 Å². The predicted molar refractivity (Wildman–Crippen MR) is 95.1 cm³/mol. The van der Waals surface area contributed by atoms with Crippen LogP contribution in [0.2, 0.25) is 10.3 Å². The van der Waals surface area contributed by atoms with Crippen LogP contribution in [0.15, 0.2) is 37.1 Å². The fraction of sp³-hybridized carbons (Fsp3) is 0.235. The summed E-state index contributed by atoms with van der Waals surface area (Å²) in [7, 11) is 0. The van der Waals surface area contributed by atoms with Gasteiger partial charge in [-0.1, -0.05) is 23.2 Å². The third kappa shape index (κ3) is 3.46. The standard InChI is InChI=1S/C17H14Cl2N6/c18-15-13(16(19)23-10-22-15)8-25-6-3-12-7-21-17(24-14(12)9-25)11-1-4-20-5-2-11/h1-2,4-5,7,10H,3,6,8-9H2. The lowest BCUT2D eigenvalue weighted by Gasteiger charge is -2.28. The molecule has 126 valence electrons. The number of hydrogen-bond acceptors (Lipinski definition) is 6. The van der Waals surface area contributed by atoms with E-state index < -0.39 is 0 Å². The molecule has 0 bridgehead atoms. The van der Waals surface area contributed by atoms with Crippen molar-refractivity contribution >= 4 is 23.2 Å². The second kappa shape index (κ2) is 7.00. The van der Waals surface area contributed by atoms with E-state index in [0.29, 0.717) is 29.2 Å². The molecule has 8 heteroatoms. The summed E-state index contributed by atoms with van der Waals surface area (Å²) in [4.78, 5) is 23.5. The average Bonchev–Trinajstić information content (AvgIpc) is 2.65. The summed E-state index contributed by atoms with van der Waals surface area (Å²) in [6, 6.07) is 3.81. The van der Waals surface area contributed by atoms with Crippen molar-refractivity contribution < 1.29 is 0 Å². The number of hydrogen-bond donors (Lipinski definition) is 0. The Balaban J connectivity index is 1.58. The minimum atomic E-state index is 0.394. The van der Waals surface area contributed by atoms with Gasteiger partial charge in [0.25, 0.3) is 0 Å². The molecule has 0 atom stereocenters. The van der Waals surface area contributed by atoms with E-state index in [1.165, 1.54) is 11.9 Å². The van der Waals surface area contributed by atoms with Crippen LogP contribution in [-0.4, -0.2) is 36.4 Å². The van der Waals surface area contributed by atoms with Crippen molar-refractivity contribution in [3.8, 4) is 11.4 Å². The summed E-state index contributed by atoms with van der Waals surface area (Å²) < 4.78 is 0. The second-order valence-corrected chi connectivity index (χ2v) is 6.51. The Kier molecular flexibility index (Phi) is 4.57. The topological polar surface area (TPSA) is 67.7 Å².